The van der Waals surface area contributed by atoms with E-state index in [1.54, 1.807) is 24.3 Å². The van der Waals surface area contributed by atoms with Crippen molar-refractivity contribution in [2.45, 2.75) is 44.5 Å². The van der Waals surface area contributed by atoms with Gasteiger partial charge in [-0.3, -0.25) is 4.79 Å². The van der Waals surface area contributed by atoms with Crippen LogP contribution in [0.1, 0.15) is 43.0 Å². The van der Waals surface area contributed by atoms with Crippen molar-refractivity contribution in [3.63, 3.8) is 0 Å². The number of hydrogen-bond acceptors (Lipinski definition) is 4. The van der Waals surface area contributed by atoms with Crippen LogP contribution < -0.4 is 10.1 Å². The van der Waals surface area contributed by atoms with E-state index < -0.39 is 0 Å². The van der Waals surface area contributed by atoms with Crippen LogP contribution in [0.2, 0.25) is 0 Å². The van der Waals surface area contributed by atoms with Gasteiger partial charge < -0.3 is 19.5 Å². The van der Waals surface area contributed by atoms with Crippen LogP contribution >= 0.6 is 0 Å². The fraction of sp³-hybridized carbons (Fsp3) is 0.588. The van der Waals surface area contributed by atoms with Crippen molar-refractivity contribution >= 4 is 5.91 Å². The summed E-state index contributed by atoms with van der Waals surface area (Å²) in [4.78, 5) is 12.1. The van der Waals surface area contributed by atoms with E-state index in [-0.39, 0.29) is 17.8 Å². The minimum absolute atomic E-state index is 0.0512. The third-order valence-electron chi connectivity index (χ3n) is 4.20. The molecular formula is C17H23NO4. The molecule has 1 aromatic carbocycles. The van der Waals surface area contributed by atoms with E-state index in [0.717, 1.165) is 31.4 Å². The molecule has 1 saturated carbocycles. The lowest BCUT2D eigenvalue weighted by Crippen LogP contribution is -2.35. The first-order valence-corrected chi connectivity index (χ1v) is 8.04. The number of carbonyl (C=O) groups is 1. The molecule has 1 saturated heterocycles. The Bertz CT molecular complexity index is 508. The number of ether oxygens (including phenoxy) is 3. The summed E-state index contributed by atoms with van der Waals surface area (Å²) in [6.45, 7) is 3.59. The highest BCUT2D eigenvalue weighted by Gasteiger charge is 2.43. The van der Waals surface area contributed by atoms with E-state index >= 15 is 0 Å². The minimum Gasteiger partial charge on any atom is -0.494 e. The maximum atomic E-state index is 12.1. The van der Waals surface area contributed by atoms with Crippen molar-refractivity contribution in [3.05, 3.63) is 29.8 Å². The molecule has 0 bridgehead atoms. The molecule has 0 aromatic heterocycles. The molecule has 22 heavy (non-hydrogen) atoms. The van der Waals surface area contributed by atoms with Gasteiger partial charge in [-0.05, 0) is 44.0 Å². The molecule has 1 spiro atoms. The quantitative estimate of drug-likeness (QED) is 0.908. The zero-order valence-corrected chi connectivity index (χ0v) is 13.0. The maximum absolute atomic E-state index is 12.1. The van der Waals surface area contributed by atoms with E-state index in [9.17, 15) is 4.79 Å². The average Bonchev–Trinajstić information content (AvgIpc) is 3.16. The summed E-state index contributed by atoms with van der Waals surface area (Å²) in [5.74, 6) is 0.308. The second kappa shape index (κ2) is 6.67. The lowest BCUT2D eigenvalue weighted by atomic mass is 10.2. The van der Waals surface area contributed by atoms with Gasteiger partial charge in [0, 0.05) is 24.9 Å². The largest absolute Gasteiger partial charge is 0.494 e. The van der Waals surface area contributed by atoms with Crippen LogP contribution in [0.25, 0.3) is 0 Å². The highest BCUT2D eigenvalue weighted by molar-refractivity contribution is 5.94. The average molecular weight is 305 g/mol. The lowest BCUT2D eigenvalue weighted by molar-refractivity contribution is -0.161. The van der Waals surface area contributed by atoms with Crippen LogP contribution in [-0.2, 0) is 9.47 Å². The van der Waals surface area contributed by atoms with Crippen LogP contribution in [0, 0.1) is 0 Å². The van der Waals surface area contributed by atoms with Crippen LogP contribution in [0.3, 0.4) is 0 Å². The first-order valence-electron chi connectivity index (χ1n) is 8.04. The van der Waals surface area contributed by atoms with E-state index in [0.29, 0.717) is 25.3 Å². The highest BCUT2D eigenvalue weighted by Crippen LogP contribution is 2.38. The van der Waals surface area contributed by atoms with E-state index in [4.69, 9.17) is 14.2 Å². The van der Waals surface area contributed by atoms with Gasteiger partial charge in [-0.1, -0.05) is 0 Å². The molecule has 5 heteroatoms. The fourth-order valence-electron chi connectivity index (χ4n) is 3.07. The molecule has 5 nitrogen and oxygen atoms in total. The van der Waals surface area contributed by atoms with Gasteiger partial charge in [0.05, 0.1) is 13.2 Å². The van der Waals surface area contributed by atoms with Gasteiger partial charge in [0.15, 0.2) is 5.79 Å². The summed E-state index contributed by atoms with van der Waals surface area (Å²) >= 11 is 0. The maximum Gasteiger partial charge on any atom is 0.251 e. The summed E-state index contributed by atoms with van der Waals surface area (Å²) in [5, 5.41) is 2.91. The Labute approximate surface area is 130 Å². The molecule has 120 valence electrons. The summed E-state index contributed by atoms with van der Waals surface area (Å²) in [7, 11) is 0. The summed E-state index contributed by atoms with van der Waals surface area (Å²) in [6, 6.07) is 7.15. The molecule has 1 aromatic rings. The molecule has 1 amide bonds. The molecule has 1 atom stereocenters. The monoisotopic (exact) mass is 305 g/mol. The van der Waals surface area contributed by atoms with E-state index in [1.807, 2.05) is 6.92 Å². The van der Waals surface area contributed by atoms with Crippen LogP contribution in [-0.4, -0.2) is 37.6 Å². The van der Waals surface area contributed by atoms with Crippen LogP contribution in [0.15, 0.2) is 24.3 Å². The predicted octanol–water partition coefficient (Wildman–Crippen LogP) is 2.50. The second-order valence-electron chi connectivity index (χ2n) is 5.84. The summed E-state index contributed by atoms with van der Waals surface area (Å²) < 4.78 is 17.2. The second-order valence-corrected chi connectivity index (χ2v) is 5.84. The molecule has 1 N–H and O–H groups in total. The van der Waals surface area contributed by atoms with Crippen molar-refractivity contribution in [2.24, 2.45) is 0 Å². The Hall–Kier alpha value is -1.59. The Kier molecular flexibility index (Phi) is 4.64. The first-order chi connectivity index (χ1) is 10.7. The van der Waals surface area contributed by atoms with Crippen LogP contribution in [0.5, 0.6) is 5.75 Å². The first kappa shape index (κ1) is 15.3. The van der Waals surface area contributed by atoms with Gasteiger partial charge in [0.2, 0.25) is 0 Å². The topological polar surface area (TPSA) is 56.8 Å². The summed E-state index contributed by atoms with van der Waals surface area (Å²) in [6.07, 6.45) is 4.20. The Morgan fingerprint density at radius 3 is 2.73 bits per heavy atom. The number of carbonyl (C=O) groups excluding carboxylic acids is 1. The Morgan fingerprint density at radius 1 is 1.32 bits per heavy atom. The van der Waals surface area contributed by atoms with Gasteiger partial charge in [-0.2, -0.15) is 0 Å². The van der Waals surface area contributed by atoms with Gasteiger partial charge in [-0.25, -0.2) is 0 Å². The molecule has 1 aliphatic carbocycles. The lowest BCUT2D eigenvalue weighted by Gasteiger charge is -2.21. The predicted molar refractivity (Wildman–Crippen MR) is 82.0 cm³/mol. The molecule has 0 radical (unpaired) electrons. The fourth-order valence-corrected chi connectivity index (χ4v) is 3.07. The van der Waals surface area contributed by atoms with Crippen molar-refractivity contribution in [2.75, 3.05) is 19.8 Å². The number of amides is 1. The van der Waals surface area contributed by atoms with Gasteiger partial charge >= 0.3 is 0 Å². The van der Waals surface area contributed by atoms with Crippen molar-refractivity contribution in [1.82, 2.24) is 5.32 Å². The van der Waals surface area contributed by atoms with E-state index in [2.05, 4.69) is 5.32 Å². The summed E-state index contributed by atoms with van der Waals surface area (Å²) in [5.41, 5.74) is 0.623. The molecular weight excluding hydrogens is 282 g/mol. The Morgan fingerprint density at radius 2 is 2.05 bits per heavy atom. The number of hydrogen-bond donors (Lipinski definition) is 1. The minimum atomic E-state index is -0.367. The van der Waals surface area contributed by atoms with E-state index in [1.165, 1.54) is 0 Å². The molecule has 2 fully saturated rings. The van der Waals surface area contributed by atoms with Crippen molar-refractivity contribution < 1.29 is 19.0 Å². The molecule has 1 heterocycles. The van der Waals surface area contributed by atoms with Gasteiger partial charge in [0.1, 0.15) is 11.9 Å². The molecule has 0 unspecified atom stereocenters. The molecule has 2 aliphatic rings. The normalized spacial score (nSPS) is 22.9. The number of rotatable bonds is 5. The standard InChI is InChI=1S/C17H23NO4/c1-2-20-14-7-5-13(6-8-14)16(19)18-11-15-12-21-17(22-15)9-3-4-10-17/h5-8,15H,2-4,9-12H2,1H3,(H,18,19)/t15-/m0/s1. The molecule has 1 aliphatic heterocycles. The van der Waals surface area contributed by atoms with Gasteiger partial charge in [-0.15, -0.1) is 0 Å². The van der Waals surface area contributed by atoms with Crippen molar-refractivity contribution in [3.8, 4) is 5.75 Å². The molecule has 3 rings (SSSR count). The van der Waals surface area contributed by atoms with Gasteiger partial charge in [0.25, 0.3) is 5.91 Å². The third-order valence-corrected chi connectivity index (χ3v) is 4.20. The zero-order chi connectivity index (χ0) is 15.4. The number of nitrogens with one attached hydrogen (secondary N) is 1. The zero-order valence-electron chi connectivity index (χ0n) is 13.0. The Balaban J connectivity index is 1.48. The SMILES string of the molecule is CCOc1ccc(C(=O)NC[C@H]2COC3(CCCC3)O2)cc1. The van der Waals surface area contributed by atoms with Crippen LogP contribution in [0.4, 0.5) is 0 Å². The van der Waals surface area contributed by atoms with Crippen molar-refractivity contribution in [1.29, 1.82) is 0 Å². The third kappa shape index (κ3) is 3.42. The number of benzene rings is 1. The smallest absolute Gasteiger partial charge is 0.251 e. The highest BCUT2D eigenvalue weighted by atomic mass is 16.7.